The van der Waals surface area contributed by atoms with Gasteiger partial charge >= 0.3 is 5.69 Å². The van der Waals surface area contributed by atoms with Crippen molar-refractivity contribution in [1.29, 1.82) is 0 Å². The largest absolute Gasteiger partial charge is 0.326 e. The van der Waals surface area contributed by atoms with Gasteiger partial charge in [-0.1, -0.05) is 35.9 Å². The second-order valence-electron chi connectivity index (χ2n) is 5.02. The van der Waals surface area contributed by atoms with Crippen molar-refractivity contribution in [2.75, 3.05) is 0 Å². The number of hydrogen-bond acceptors (Lipinski definition) is 1. The van der Waals surface area contributed by atoms with Crippen molar-refractivity contribution in [2.24, 2.45) is 0 Å². The number of aromatic nitrogens is 2. The van der Waals surface area contributed by atoms with Crippen LogP contribution in [0.1, 0.15) is 16.7 Å². The summed E-state index contributed by atoms with van der Waals surface area (Å²) in [6.45, 7) is 4.68. The van der Waals surface area contributed by atoms with Gasteiger partial charge in [-0.3, -0.25) is 4.57 Å². The van der Waals surface area contributed by atoms with Gasteiger partial charge in [0.05, 0.1) is 17.6 Å². The molecule has 3 nitrogen and oxygen atoms in total. The summed E-state index contributed by atoms with van der Waals surface area (Å²) >= 11 is 0. The minimum absolute atomic E-state index is 0.0545. The fraction of sp³-hybridized carbons (Fsp3) is 0.188. The maximum atomic E-state index is 12.0. The van der Waals surface area contributed by atoms with Gasteiger partial charge in [0, 0.05) is 0 Å². The first-order chi connectivity index (χ1) is 9.13. The lowest BCUT2D eigenvalue weighted by Crippen LogP contribution is -2.17. The highest BCUT2D eigenvalue weighted by Crippen LogP contribution is 2.14. The second kappa shape index (κ2) is 4.43. The van der Waals surface area contributed by atoms with Crippen LogP contribution in [-0.2, 0) is 6.54 Å². The molecule has 0 spiro atoms. The Bertz CT molecular complexity index is 779. The Balaban J connectivity index is 2.07. The molecule has 0 saturated carbocycles. The number of nitrogens with one attached hydrogen (secondary N) is 1. The molecule has 0 amide bonds. The molecule has 3 aromatic rings. The molecule has 0 aliphatic carbocycles. The van der Waals surface area contributed by atoms with Gasteiger partial charge in [-0.05, 0) is 37.1 Å². The van der Waals surface area contributed by atoms with Crippen LogP contribution in [0.5, 0.6) is 0 Å². The van der Waals surface area contributed by atoms with Gasteiger partial charge < -0.3 is 4.98 Å². The smallest absolute Gasteiger partial charge is 0.306 e. The standard InChI is InChI=1S/C16H16N2O/c1-11-3-6-13(7-4-11)10-18-15-8-5-12(2)9-14(15)17-16(18)19/h3-9H,10H2,1-2H3,(H,17,19). The molecule has 0 unspecified atom stereocenters. The highest BCUT2D eigenvalue weighted by atomic mass is 16.1. The molecule has 2 aromatic carbocycles. The highest BCUT2D eigenvalue weighted by Gasteiger charge is 2.07. The zero-order valence-corrected chi connectivity index (χ0v) is 11.1. The normalized spacial score (nSPS) is 11.1. The van der Waals surface area contributed by atoms with Crippen molar-refractivity contribution in [2.45, 2.75) is 20.4 Å². The molecule has 0 atom stereocenters. The number of rotatable bonds is 2. The van der Waals surface area contributed by atoms with Crippen LogP contribution >= 0.6 is 0 Å². The fourth-order valence-electron chi connectivity index (χ4n) is 2.31. The van der Waals surface area contributed by atoms with E-state index in [9.17, 15) is 4.79 Å². The molecular weight excluding hydrogens is 236 g/mol. The van der Waals surface area contributed by atoms with E-state index in [4.69, 9.17) is 0 Å². The summed E-state index contributed by atoms with van der Waals surface area (Å²) in [6.07, 6.45) is 0. The van der Waals surface area contributed by atoms with E-state index in [1.807, 2.05) is 25.1 Å². The quantitative estimate of drug-likeness (QED) is 0.748. The summed E-state index contributed by atoms with van der Waals surface area (Å²) in [6, 6.07) is 14.3. The van der Waals surface area contributed by atoms with Crippen molar-refractivity contribution in [1.82, 2.24) is 9.55 Å². The van der Waals surface area contributed by atoms with E-state index in [2.05, 4.69) is 36.2 Å². The summed E-state index contributed by atoms with van der Waals surface area (Å²) in [7, 11) is 0. The highest BCUT2D eigenvalue weighted by molar-refractivity contribution is 5.76. The average Bonchev–Trinajstić information content (AvgIpc) is 2.68. The van der Waals surface area contributed by atoms with Crippen LogP contribution in [-0.4, -0.2) is 9.55 Å². The third-order valence-corrected chi connectivity index (χ3v) is 3.39. The Morgan fingerprint density at radius 1 is 1.00 bits per heavy atom. The van der Waals surface area contributed by atoms with Gasteiger partial charge in [0.2, 0.25) is 0 Å². The van der Waals surface area contributed by atoms with E-state index in [1.54, 1.807) is 4.57 Å². The van der Waals surface area contributed by atoms with E-state index >= 15 is 0 Å². The minimum atomic E-state index is -0.0545. The Hall–Kier alpha value is -2.29. The zero-order chi connectivity index (χ0) is 13.4. The number of nitrogens with zero attached hydrogens (tertiary/aromatic N) is 1. The van der Waals surface area contributed by atoms with Crippen LogP contribution in [0.3, 0.4) is 0 Å². The van der Waals surface area contributed by atoms with Crippen molar-refractivity contribution in [3.05, 3.63) is 69.6 Å². The number of benzene rings is 2. The third kappa shape index (κ3) is 2.19. The van der Waals surface area contributed by atoms with Gasteiger partial charge in [-0.15, -0.1) is 0 Å². The minimum Gasteiger partial charge on any atom is -0.306 e. The molecule has 0 radical (unpaired) electrons. The van der Waals surface area contributed by atoms with E-state index in [0.717, 1.165) is 22.2 Å². The van der Waals surface area contributed by atoms with Crippen LogP contribution in [0, 0.1) is 13.8 Å². The van der Waals surface area contributed by atoms with Gasteiger partial charge in [-0.2, -0.15) is 0 Å². The average molecular weight is 252 g/mol. The van der Waals surface area contributed by atoms with Crippen LogP contribution in [0.25, 0.3) is 11.0 Å². The van der Waals surface area contributed by atoms with Crippen molar-refractivity contribution in [3.63, 3.8) is 0 Å². The van der Waals surface area contributed by atoms with Crippen LogP contribution < -0.4 is 5.69 Å². The van der Waals surface area contributed by atoms with E-state index in [0.29, 0.717) is 6.54 Å². The number of aromatic amines is 1. The molecule has 0 fully saturated rings. The van der Waals surface area contributed by atoms with Gasteiger partial charge in [0.25, 0.3) is 0 Å². The molecule has 0 aliphatic heterocycles. The van der Waals surface area contributed by atoms with E-state index in [-0.39, 0.29) is 5.69 Å². The van der Waals surface area contributed by atoms with E-state index < -0.39 is 0 Å². The number of aryl methyl sites for hydroxylation is 2. The maximum Gasteiger partial charge on any atom is 0.326 e. The molecule has 3 rings (SSSR count). The first-order valence-corrected chi connectivity index (χ1v) is 6.38. The first kappa shape index (κ1) is 11.8. The topological polar surface area (TPSA) is 37.8 Å². The summed E-state index contributed by atoms with van der Waals surface area (Å²) < 4.78 is 1.78. The van der Waals surface area contributed by atoms with E-state index in [1.165, 1.54) is 5.56 Å². The molecule has 1 N–H and O–H groups in total. The molecule has 0 saturated heterocycles. The number of H-pyrrole nitrogens is 1. The Morgan fingerprint density at radius 3 is 2.42 bits per heavy atom. The predicted molar refractivity (Wildman–Crippen MR) is 77.6 cm³/mol. The van der Waals surface area contributed by atoms with Crippen molar-refractivity contribution >= 4 is 11.0 Å². The Kier molecular flexibility index (Phi) is 2.75. The summed E-state index contributed by atoms with van der Waals surface area (Å²) in [5.41, 5.74) is 5.31. The Morgan fingerprint density at radius 2 is 1.68 bits per heavy atom. The first-order valence-electron chi connectivity index (χ1n) is 6.38. The molecule has 1 aromatic heterocycles. The van der Waals surface area contributed by atoms with Crippen LogP contribution in [0.4, 0.5) is 0 Å². The number of imidazole rings is 1. The van der Waals surface area contributed by atoms with Crippen molar-refractivity contribution in [3.8, 4) is 0 Å². The molecule has 3 heteroatoms. The predicted octanol–water partition coefficient (Wildman–Crippen LogP) is 2.99. The maximum absolute atomic E-state index is 12.0. The summed E-state index contributed by atoms with van der Waals surface area (Å²) in [4.78, 5) is 14.9. The third-order valence-electron chi connectivity index (χ3n) is 3.39. The van der Waals surface area contributed by atoms with Crippen LogP contribution in [0.15, 0.2) is 47.3 Å². The Labute approximate surface area is 111 Å². The zero-order valence-electron chi connectivity index (χ0n) is 11.1. The van der Waals surface area contributed by atoms with Crippen LogP contribution in [0.2, 0.25) is 0 Å². The second-order valence-corrected chi connectivity index (χ2v) is 5.02. The SMILES string of the molecule is Cc1ccc(Cn2c(=O)[nH]c3cc(C)ccc32)cc1. The molecule has 19 heavy (non-hydrogen) atoms. The van der Waals surface area contributed by atoms with Gasteiger partial charge in [0.15, 0.2) is 0 Å². The lowest BCUT2D eigenvalue weighted by atomic mass is 10.1. The number of fused-ring (bicyclic) bond motifs is 1. The lowest BCUT2D eigenvalue weighted by Gasteiger charge is -2.04. The summed E-state index contributed by atoms with van der Waals surface area (Å²) in [5, 5.41) is 0. The molecular formula is C16H16N2O. The summed E-state index contributed by atoms with van der Waals surface area (Å²) in [5.74, 6) is 0. The lowest BCUT2D eigenvalue weighted by molar-refractivity contribution is 0.786. The monoisotopic (exact) mass is 252 g/mol. The molecule has 0 aliphatic rings. The molecule has 0 bridgehead atoms. The van der Waals surface area contributed by atoms with Crippen molar-refractivity contribution < 1.29 is 0 Å². The fourth-order valence-corrected chi connectivity index (χ4v) is 2.31. The molecule has 96 valence electrons. The number of hydrogen-bond donors (Lipinski definition) is 1. The molecule has 1 heterocycles. The van der Waals surface area contributed by atoms with Gasteiger partial charge in [-0.25, -0.2) is 4.79 Å². The van der Waals surface area contributed by atoms with Gasteiger partial charge in [0.1, 0.15) is 0 Å².